The lowest BCUT2D eigenvalue weighted by atomic mass is 10.0. The Morgan fingerprint density at radius 1 is 0.882 bits per heavy atom. The van der Waals surface area contributed by atoms with Crippen LogP contribution in [0.15, 0.2) is 96.4 Å². The molecule has 0 aliphatic heterocycles. The summed E-state index contributed by atoms with van der Waals surface area (Å²) in [5, 5.41) is 2.99. The van der Waals surface area contributed by atoms with E-state index in [0.717, 1.165) is 45.9 Å². The van der Waals surface area contributed by atoms with Crippen molar-refractivity contribution in [1.82, 2.24) is 24.8 Å². The first-order chi connectivity index (χ1) is 16.7. The first kappa shape index (κ1) is 21.9. The monoisotopic (exact) mass is 465 g/mol. The maximum Gasteiger partial charge on any atom is 0.251 e. The smallest absolute Gasteiger partial charge is 0.251 e. The van der Waals surface area contributed by atoms with Crippen LogP contribution in [0.4, 0.5) is 0 Å². The van der Waals surface area contributed by atoms with E-state index in [1.807, 2.05) is 71.4 Å². The maximum absolute atomic E-state index is 12.7. The first-order valence-corrected chi connectivity index (χ1v) is 11.5. The zero-order chi connectivity index (χ0) is 23.3. The Morgan fingerprint density at radius 2 is 1.62 bits per heavy atom. The van der Waals surface area contributed by atoms with Crippen LogP contribution in [0.5, 0.6) is 0 Å². The van der Waals surface area contributed by atoms with Crippen LogP contribution in [0.3, 0.4) is 0 Å². The zero-order valence-corrected chi connectivity index (χ0v) is 19.3. The van der Waals surface area contributed by atoms with Crippen molar-refractivity contribution in [2.45, 2.75) is 17.9 Å². The van der Waals surface area contributed by atoms with Crippen LogP contribution in [0.1, 0.15) is 16.8 Å². The number of hydrogen-bond acceptors (Lipinski definition) is 5. The number of nitrogens with zero attached hydrogens (tertiary/aromatic N) is 4. The number of fused-ring (bicyclic) bond motifs is 1. The Hall–Kier alpha value is -3.97. The molecule has 0 radical (unpaired) electrons. The average Bonchev–Trinajstić information content (AvgIpc) is 3.40. The molecule has 2 aromatic heterocycles. The summed E-state index contributed by atoms with van der Waals surface area (Å²) >= 11 is 4.40. The molecule has 5 aromatic rings. The molecule has 0 unspecified atom stereocenters. The molecule has 3 aromatic carbocycles. The van der Waals surface area contributed by atoms with Gasteiger partial charge in [0.25, 0.3) is 5.91 Å². The summed E-state index contributed by atoms with van der Waals surface area (Å²) < 4.78 is 1.99. The number of aryl methyl sites for hydroxylation is 1. The van der Waals surface area contributed by atoms with Crippen molar-refractivity contribution in [3.05, 3.63) is 97.1 Å². The van der Waals surface area contributed by atoms with E-state index >= 15 is 0 Å². The predicted octanol–water partition coefficient (Wildman–Crippen LogP) is 5.27. The van der Waals surface area contributed by atoms with Crippen molar-refractivity contribution in [2.75, 3.05) is 6.54 Å². The van der Waals surface area contributed by atoms with Gasteiger partial charge in [0, 0.05) is 47.1 Å². The van der Waals surface area contributed by atoms with E-state index in [0.29, 0.717) is 17.6 Å². The Labute approximate surface area is 203 Å². The third kappa shape index (κ3) is 4.84. The minimum atomic E-state index is -0.121. The number of nitrogens with one attached hydrogen (secondary N) is 1. The molecule has 5 rings (SSSR count). The van der Waals surface area contributed by atoms with Gasteiger partial charge in [-0.2, -0.15) is 0 Å². The van der Waals surface area contributed by atoms with E-state index in [1.54, 1.807) is 24.7 Å². The molecule has 168 valence electrons. The Kier molecular flexibility index (Phi) is 6.35. The number of rotatable bonds is 7. The Bertz CT molecular complexity index is 1420. The highest BCUT2D eigenvalue weighted by atomic mass is 32.1. The van der Waals surface area contributed by atoms with Gasteiger partial charge < -0.3 is 9.88 Å². The number of carbonyl (C=O) groups is 1. The second-order valence-electron chi connectivity index (χ2n) is 7.95. The number of benzene rings is 3. The topological polar surface area (TPSA) is 72.7 Å². The van der Waals surface area contributed by atoms with E-state index in [2.05, 4.69) is 22.9 Å². The van der Waals surface area contributed by atoms with Crippen LogP contribution < -0.4 is 5.32 Å². The number of amides is 1. The van der Waals surface area contributed by atoms with E-state index in [4.69, 9.17) is 9.97 Å². The minimum Gasteiger partial charge on any atom is -0.352 e. The molecule has 6 nitrogen and oxygen atoms in total. The lowest BCUT2D eigenvalue weighted by Gasteiger charge is -2.12. The van der Waals surface area contributed by atoms with Gasteiger partial charge in [-0.3, -0.25) is 4.79 Å². The molecule has 0 aliphatic carbocycles. The fourth-order valence-corrected chi connectivity index (χ4v) is 3.95. The second kappa shape index (κ2) is 9.89. The predicted molar refractivity (Wildman–Crippen MR) is 137 cm³/mol. The highest BCUT2D eigenvalue weighted by Crippen LogP contribution is 2.31. The van der Waals surface area contributed by atoms with Crippen LogP contribution in [-0.2, 0) is 6.54 Å². The molecule has 2 heterocycles. The molecule has 1 amide bonds. The van der Waals surface area contributed by atoms with E-state index in [-0.39, 0.29) is 5.91 Å². The second-order valence-corrected chi connectivity index (χ2v) is 8.46. The third-order valence-corrected chi connectivity index (χ3v) is 5.85. The van der Waals surface area contributed by atoms with Crippen molar-refractivity contribution in [3.63, 3.8) is 0 Å². The molecule has 0 saturated carbocycles. The highest BCUT2D eigenvalue weighted by Gasteiger charge is 2.15. The number of hydrogen-bond donors (Lipinski definition) is 2. The normalized spacial score (nSPS) is 11.0. The number of imidazole rings is 1. The van der Waals surface area contributed by atoms with Crippen molar-refractivity contribution in [1.29, 1.82) is 0 Å². The summed E-state index contributed by atoms with van der Waals surface area (Å²) in [5.41, 5.74) is 5.49. The largest absolute Gasteiger partial charge is 0.352 e. The zero-order valence-electron chi connectivity index (χ0n) is 18.4. The molecule has 1 N–H and O–H groups in total. The van der Waals surface area contributed by atoms with Gasteiger partial charge in [0.05, 0.1) is 28.7 Å². The number of aromatic nitrogens is 4. The van der Waals surface area contributed by atoms with Gasteiger partial charge in [-0.05, 0) is 36.8 Å². The van der Waals surface area contributed by atoms with Gasteiger partial charge in [0.2, 0.25) is 0 Å². The van der Waals surface area contributed by atoms with Crippen LogP contribution in [-0.4, -0.2) is 32.0 Å². The fraction of sp³-hybridized carbons (Fsp3) is 0.111. The minimum absolute atomic E-state index is 0.121. The van der Waals surface area contributed by atoms with Gasteiger partial charge in [-0.15, -0.1) is 12.6 Å². The van der Waals surface area contributed by atoms with Crippen molar-refractivity contribution < 1.29 is 4.79 Å². The quantitative estimate of drug-likeness (QED) is 0.254. The standard InChI is InChI=1S/C27H23N5OS/c33-27(29-13-4-15-32-16-14-28-18-32)21-9-12-23-24(17-21)31-25(19-5-2-1-3-6-19)26(30-23)20-7-10-22(34)11-8-20/h1-3,5-12,14,16-18,34H,4,13,15H2,(H,29,33). The third-order valence-electron chi connectivity index (χ3n) is 5.55. The Morgan fingerprint density at radius 3 is 2.35 bits per heavy atom. The highest BCUT2D eigenvalue weighted by molar-refractivity contribution is 7.80. The van der Waals surface area contributed by atoms with Gasteiger partial charge in [-0.25, -0.2) is 15.0 Å². The van der Waals surface area contributed by atoms with Gasteiger partial charge in [0.15, 0.2) is 0 Å². The SMILES string of the molecule is O=C(NCCCn1ccnc1)c1ccc2nc(-c3ccc(S)cc3)c(-c3ccccc3)nc2c1. The molecular formula is C27H23N5OS. The summed E-state index contributed by atoms with van der Waals surface area (Å²) in [4.78, 5) is 27.5. The number of thiol groups is 1. The van der Waals surface area contributed by atoms with Gasteiger partial charge in [0.1, 0.15) is 0 Å². The summed E-state index contributed by atoms with van der Waals surface area (Å²) in [6.07, 6.45) is 6.26. The van der Waals surface area contributed by atoms with Crippen molar-refractivity contribution in [3.8, 4) is 22.5 Å². The van der Waals surface area contributed by atoms with E-state index < -0.39 is 0 Å². The molecule has 0 fully saturated rings. The molecule has 7 heteroatoms. The fourth-order valence-electron chi connectivity index (χ4n) is 3.80. The molecule has 0 bridgehead atoms. The number of carbonyl (C=O) groups excluding carboxylic acids is 1. The molecule has 34 heavy (non-hydrogen) atoms. The van der Waals surface area contributed by atoms with Gasteiger partial charge >= 0.3 is 0 Å². The van der Waals surface area contributed by atoms with E-state index in [9.17, 15) is 4.79 Å². The molecule has 0 atom stereocenters. The summed E-state index contributed by atoms with van der Waals surface area (Å²) in [6.45, 7) is 1.39. The lowest BCUT2D eigenvalue weighted by Crippen LogP contribution is -2.25. The summed E-state index contributed by atoms with van der Waals surface area (Å²) in [7, 11) is 0. The molecular weight excluding hydrogens is 442 g/mol. The van der Waals surface area contributed by atoms with Crippen molar-refractivity contribution >= 4 is 29.6 Å². The van der Waals surface area contributed by atoms with Crippen LogP contribution >= 0.6 is 12.6 Å². The average molecular weight is 466 g/mol. The first-order valence-electron chi connectivity index (χ1n) is 11.1. The van der Waals surface area contributed by atoms with Crippen molar-refractivity contribution in [2.24, 2.45) is 0 Å². The molecule has 0 spiro atoms. The Balaban J connectivity index is 1.44. The summed E-state index contributed by atoms with van der Waals surface area (Å²) in [6, 6.07) is 23.3. The van der Waals surface area contributed by atoms with Crippen LogP contribution in [0.25, 0.3) is 33.5 Å². The van der Waals surface area contributed by atoms with Crippen LogP contribution in [0.2, 0.25) is 0 Å². The molecule has 0 saturated heterocycles. The molecule has 0 aliphatic rings. The van der Waals surface area contributed by atoms with Crippen LogP contribution in [0, 0.1) is 0 Å². The van der Waals surface area contributed by atoms with E-state index in [1.165, 1.54) is 0 Å². The lowest BCUT2D eigenvalue weighted by molar-refractivity contribution is 0.0953. The summed E-state index contributed by atoms with van der Waals surface area (Å²) in [5.74, 6) is -0.121. The maximum atomic E-state index is 12.7. The van der Waals surface area contributed by atoms with Gasteiger partial charge in [-0.1, -0.05) is 42.5 Å².